The highest BCUT2D eigenvalue weighted by Crippen LogP contribution is 1.98. The number of carbonyl (C=O) groups excluding carboxylic acids is 1. The Bertz CT molecular complexity index is 298. The molecule has 0 aliphatic heterocycles. The molecule has 0 radical (unpaired) electrons. The molecular weight excluding hydrogens is 230 g/mol. The van der Waals surface area contributed by atoms with Crippen molar-refractivity contribution in [1.82, 2.24) is 4.72 Å². The van der Waals surface area contributed by atoms with Crippen LogP contribution in [0.3, 0.4) is 0 Å². The maximum Gasteiger partial charge on any atom is 0.305 e. The van der Waals surface area contributed by atoms with Crippen LogP contribution in [0, 0.1) is 5.92 Å². The van der Waals surface area contributed by atoms with Crippen LogP contribution in [0.5, 0.6) is 0 Å². The van der Waals surface area contributed by atoms with Gasteiger partial charge in [0.15, 0.2) is 0 Å². The maximum absolute atomic E-state index is 11.4. The van der Waals surface area contributed by atoms with Gasteiger partial charge in [-0.1, -0.05) is 13.8 Å². The molecule has 5 nitrogen and oxygen atoms in total. The van der Waals surface area contributed by atoms with Crippen molar-refractivity contribution >= 4 is 16.0 Å². The number of hydrogen-bond donors (Lipinski definition) is 1. The first kappa shape index (κ1) is 15.4. The standard InChI is InChI=1S/C10H21NO4S/c1-4-15-10(12)6-5-7-11-16(13,14)8-9(2)3/h9,11H,4-8H2,1-3H3. The topological polar surface area (TPSA) is 72.5 Å². The zero-order chi connectivity index (χ0) is 12.6. The lowest BCUT2D eigenvalue weighted by Crippen LogP contribution is -2.29. The highest BCUT2D eigenvalue weighted by Gasteiger charge is 2.12. The lowest BCUT2D eigenvalue weighted by molar-refractivity contribution is -0.143. The monoisotopic (exact) mass is 251 g/mol. The van der Waals surface area contributed by atoms with Crippen LogP contribution in [0.25, 0.3) is 0 Å². The Hall–Kier alpha value is -0.620. The number of carbonyl (C=O) groups is 1. The zero-order valence-electron chi connectivity index (χ0n) is 10.2. The van der Waals surface area contributed by atoms with Gasteiger partial charge in [0.2, 0.25) is 10.0 Å². The van der Waals surface area contributed by atoms with E-state index in [2.05, 4.69) is 4.72 Å². The first-order valence-corrected chi connectivity index (χ1v) is 7.15. The smallest absolute Gasteiger partial charge is 0.305 e. The van der Waals surface area contributed by atoms with E-state index < -0.39 is 10.0 Å². The van der Waals surface area contributed by atoms with Crippen LogP contribution in [0.1, 0.15) is 33.6 Å². The van der Waals surface area contributed by atoms with Crippen LogP contribution in [0.4, 0.5) is 0 Å². The third-order valence-corrected chi connectivity index (χ3v) is 3.49. The van der Waals surface area contributed by atoms with Gasteiger partial charge in [-0.05, 0) is 19.3 Å². The molecule has 16 heavy (non-hydrogen) atoms. The minimum atomic E-state index is -3.19. The fourth-order valence-electron chi connectivity index (χ4n) is 1.19. The molecule has 0 unspecified atom stereocenters. The molecular formula is C10H21NO4S. The van der Waals surface area contributed by atoms with Crippen LogP contribution in [0.2, 0.25) is 0 Å². The lowest BCUT2D eigenvalue weighted by atomic mass is 10.3. The van der Waals surface area contributed by atoms with Crippen molar-refractivity contribution in [3.05, 3.63) is 0 Å². The molecule has 0 aromatic rings. The number of nitrogens with one attached hydrogen (secondary N) is 1. The van der Waals surface area contributed by atoms with Crippen molar-refractivity contribution < 1.29 is 17.9 Å². The fraction of sp³-hybridized carbons (Fsp3) is 0.900. The average molecular weight is 251 g/mol. The quantitative estimate of drug-likeness (QED) is 0.514. The van der Waals surface area contributed by atoms with E-state index in [0.717, 1.165) is 0 Å². The van der Waals surface area contributed by atoms with Gasteiger partial charge in [-0.2, -0.15) is 0 Å². The molecule has 0 heterocycles. The van der Waals surface area contributed by atoms with Crippen molar-refractivity contribution in [3.63, 3.8) is 0 Å². The van der Waals surface area contributed by atoms with E-state index in [1.807, 2.05) is 13.8 Å². The van der Waals surface area contributed by atoms with Crippen LogP contribution in [-0.4, -0.2) is 33.3 Å². The van der Waals surface area contributed by atoms with Crippen LogP contribution < -0.4 is 4.72 Å². The first-order chi connectivity index (χ1) is 7.37. The van der Waals surface area contributed by atoms with Crippen molar-refractivity contribution in [1.29, 1.82) is 0 Å². The first-order valence-electron chi connectivity index (χ1n) is 5.50. The second-order valence-electron chi connectivity index (χ2n) is 3.98. The molecule has 0 amide bonds. The summed E-state index contributed by atoms with van der Waals surface area (Å²) < 4.78 is 29.9. The summed E-state index contributed by atoms with van der Waals surface area (Å²) in [6, 6.07) is 0. The Labute approximate surface area is 97.6 Å². The van der Waals surface area contributed by atoms with Crippen LogP contribution in [0.15, 0.2) is 0 Å². The van der Waals surface area contributed by atoms with E-state index in [1.54, 1.807) is 6.92 Å². The molecule has 1 N–H and O–H groups in total. The van der Waals surface area contributed by atoms with E-state index >= 15 is 0 Å². The minimum Gasteiger partial charge on any atom is -0.466 e. The van der Waals surface area contributed by atoms with Gasteiger partial charge >= 0.3 is 5.97 Å². The molecule has 0 saturated carbocycles. The summed E-state index contributed by atoms with van der Waals surface area (Å²) in [5, 5.41) is 0. The Kier molecular flexibility index (Phi) is 7.33. The third kappa shape index (κ3) is 8.67. The normalized spacial score (nSPS) is 11.8. The largest absolute Gasteiger partial charge is 0.466 e. The van der Waals surface area contributed by atoms with Crippen molar-refractivity contribution in [2.75, 3.05) is 18.9 Å². The van der Waals surface area contributed by atoms with E-state index in [9.17, 15) is 13.2 Å². The molecule has 0 atom stereocenters. The second-order valence-corrected chi connectivity index (χ2v) is 5.83. The highest BCUT2D eigenvalue weighted by atomic mass is 32.2. The molecule has 0 fully saturated rings. The number of sulfonamides is 1. The summed E-state index contributed by atoms with van der Waals surface area (Å²) in [6.07, 6.45) is 0.716. The van der Waals surface area contributed by atoms with Crippen LogP contribution >= 0.6 is 0 Å². The highest BCUT2D eigenvalue weighted by molar-refractivity contribution is 7.89. The SMILES string of the molecule is CCOC(=O)CCCNS(=O)(=O)CC(C)C. The summed E-state index contributed by atoms with van der Waals surface area (Å²) in [5.74, 6) is -0.0695. The molecule has 0 saturated heterocycles. The van der Waals surface area contributed by atoms with Crippen LogP contribution in [-0.2, 0) is 19.6 Å². The third-order valence-electron chi connectivity index (χ3n) is 1.74. The number of rotatable bonds is 8. The van der Waals surface area contributed by atoms with E-state index in [0.29, 0.717) is 13.0 Å². The summed E-state index contributed by atoms with van der Waals surface area (Å²) in [7, 11) is -3.19. The molecule has 96 valence electrons. The Morgan fingerprint density at radius 3 is 2.50 bits per heavy atom. The van der Waals surface area contributed by atoms with E-state index in [4.69, 9.17) is 4.74 Å². The molecule has 0 spiro atoms. The van der Waals surface area contributed by atoms with Crippen molar-refractivity contribution in [2.24, 2.45) is 5.92 Å². The van der Waals surface area contributed by atoms with Gasteiger partial charge in [0.1, 0.15) is 0 Å². The summed E-state index contributed by atoms with van der Waals surface area (Å²) in [4.78, 5) is 10.9. The van der Waals surface area contributed by atoms with Gasteiger partial charge in [0.25, 0.3) is 0 Å². The van der Waals surface area contributed by atoms with Gasteiger partial charge in [-0.3, -0.25) is 4.79 Å². The second kappa shape index (κ2) is 7.62. The van der Waals surface area contributed by atoms with Gasteiger partial charge < -0.3 is 4.74 Å². The Morgan fingerprint density at radius 2 is 2.00 bits per heavy atom. The Morgan fingerprint density at radius 1 is 1.38 bits per heavy atom. The summed E-state index contributed by atoms with van der Waals surface area (Å²) >= 11 is 0. The summed E-state index contributed by atoms with van der Waals surface area (Å²) in [6.45, 7) is 6.07. The number of hydrogen-bond acceptors (Lipinski definition) is 4. The van der Waals surface area contributed by atoms with Crippen molar-refractivity contribution in [2.45, 2.75) is 33.6 Å². The Balaban J connectivity index is 3.70. The van der Waals surface area contributed by atoms with Gasteiger partial charge in [-0.15, -0.1) is 0 Å². The molecule has 0 aliphatic carbocycles. The fourth-order valence-corrected chi connectivity index (χ4v) is 2.64. The van der Waals surface area contributed by atoms with Crippen molar-refractivity contribution in [3.8, 4) is 0 Å². The van der Waals surface area contributed by atoms with Gasteiger partial charge in [-0.25, -0.2) is 13.1 Å². The predicted molar refractivity (Wildman–Crippen MR) is 62.5 cm³/mol. The molecule has 0 bridgehead atoms. The van der Waals surface area contributed by atoms with Gasteiger partial charge in [0, 0.05) is 13.0 Å². The number of ether oxygens (including phenoxy) is 1. The zero-order valence-corrected chi connectivity index (χ0v) is 11.0. The van der Waals surface area contributed by atoms with E-state index in [1.165, 1.54) is 0 Å². The molecule has 0 aromatic carbocycles. The molecule has 0 aromatic heterocycles. The van der Waals surface area contributed by atoms with E-state index in [-0.39, 0.29) is 30.6 Å². The number of esters is 1. The lowest BCUT2D eigenvalue weighted by Gasteiger charge is -2.08. The molecule has 0 rings (SSSR count). The minimum absolute atomic E-state index is 0.0996. The maximum atomic E-state index is 11.4. The average Bonchev–Trinajstić information content (AvgIpc) is 2.11. The summed E-state index contributed by atoms with van der Waals surface area (Å²) in [5.41, 5.74) is 0. The molecule has 6 heteroatoms. The predicted octanol–water partition coefficient (Wildman–Crippen LogP) is 0.905. The molecule has 0 aliphatic rings. The van der Waals surface area contributed by atoms with Gasteiger partial charge in [0.05, 0.1) is 12.4 Å².